The molecule has 1 aliphatic rings. The number of hydrogen-bond acceptors (Lipinski definition) is 0. The second-order valence-electron chi connectivity index (χ2n) is 9.33. The maximum atomic E-state index is 14.8. The molecule has 0 aliphatic heterocycles. The van der Waals surface area contributed by atoms with Crippen LogP contribution in [0.2, 0.25) is 0 Å². The molecule has 1 aliphatic carbocycles. The van der Waals surface area contributed by atoms with Crippen molar-refractivity contribution >= 4 is 0 Å². The van der Waals surface area contributed by atoms with Crippen LogP contribution in [0.25, 0.3) is 0 Å². The largest absolute Gasteiger partial charge is 0.207 e. The SMILES string of the molecule is CCCCCC1CCC(c2ccc(CCc3ccc(CCC)c(F)c3F)c(F)c2)CC1. The molecular formula is C28H37F3. The van der Waals surface area contributed by atoms with E-state index < -0.39 is 11.6 Å². The number of benzene rings is 2. The summed E-state index contributed by atoms with van der Waals surface area (Å²) in [6, 6.07) is 8.88. The van der Waals surface area contributed by atoms with Gasteiger partial charge in [0.05, 0.1) is 0 Å². The lowest BCUT2D eigenvalue weighted by molar-refractivity contribution is 0.302. The van der Waals surface area contributed by atoms with E-state index in [1.165, 1.54) is 38.5 Å². The van der Waals surface area contributed by atoms with Crippen LogP contribution in [0.1, 0.15) is 99.8 Å². The highest BCUT2D eigenvalue weighted by Crippen LogP contribution is 2.38. The summed E-state index contributed by atoms with van der Waals surface area (Å²) >= 11 is 0. The van der Waals surface area contributed by atoms with Gasteiger partial charge in [0.2, 0.25) is 0 Å². The molecule has 170 valence electrons. The maximum Gasteiger partial charge on any atom is 0.162 e. The molecule has 0 N–H and O–H groups in total. The van der Waals surface area contributed by atoms with Crippen LogP contribution in [0.3, 0.4) is 0 Å². The van der Waals surface area contributed by atoms with Crippen LogP contribution < -0.4 is 0 Å². The first-order valence-corrected chi connectivity index (χ1v) is 12.3. The number of unbranched alkanes of at least 4 members (excludes halogenated alkanes) is 2. The molecule has 0 heterocycles. The highest BCUT2D eigenvalue weighted by molar-refractivity contribution is 5.30. The van der Waals surface area contributed by atoms with E-state index in [1.807, 2.05) is 19.1 Å². The first kappa shape index (κ1) is 23.9. The van der Waals surface area contributed by atoms with Crippen LogP contribution in [0, 0.1) is 23.4 Å². The van der Waals surface area contributed by atoms with Crippen molar-refractivity contribution in [2.75, 3.05) is 0 Å². The van der Waals surface area contributed by atoms with Gasteiger partial charge in [0.15, 0.2) is 11.6 Å². The van der Waals surface area contributed by atoms with Gasteiger partial charge < -0.3 is 0 Å². The Bertz CT molecular complexity index is 834. The molecule has 0 bridgehead atoms. The molecule has 0 saturated heterocycles. The zero-order valence-electron chi connectivity index (χ0n) is 19.2. The monoisotopic (exact) mass is 430 g/mol. The number of hydrogen-bond donors (Lipinski definition) is 0. The lowest BCUT2D eigenvalue weighted by Crippen LogP contribution is -2.13. The Balaban J connectivity index is 1.56. The molecule has 31 heavy (non-hydrogen) atoms. The Morgan fingerprint density at radius 3 is 1.94 bits per heavy atom. The van der Waals surface area contributed by atoms with Crippen molar-refractivity contribution in [3.8, 4) is 0 Å². The summed E-state index contributed by atoms with van der Waals surface area (Å²) in [5.74, 6) is -0.459. The van der Waals surface area contributed by atoms with Gasteiger partial charge in [-0.05, 0) is 85.1 Å². The van der Waals surface area contributed by atoms with Gasteiger partial charge in [0.1, 0.15) is 5.82 Å². The smallest absolute Gasteiger partial charge is 0.162 e. The average molecular weight is 431 g/mol. The van der Waals surface area contributed by atoms with Gasteiger partial charge in [-0.1, -0.05) is 70.2 Å². The lowest BCUT2D eigenvalue weighted by atomic mass is 9.77. The molecule has 1 fully saturated rings. The second kappa shape index (κ2) is 11.7. The van der Waals surface area contributed by atoms with E-state index in [9.17, 15) is 13.2 Å². The predicted molar refractivity (Wildman–Crippen MR) is 123 cm³/mol. The third-order valence-electron chi connectivity index (χ3n) is 7.04. The third kappa shape index (κ3) is 6.37. The van der Waals surface area contributed by atoms with Gasteiger partial charge in [0.25, 0.3) is 0 Å². The van der Waals surface area contributed by atoms with Crippen LogP contribution in [-0.4, -0.2) is 0 Å². The quantitative estimate of drug-likeness (QED) is 0.331. The van der Waals surface area contributed by atoms with E-state index in [0.29, 0.717) is 41.9 Å². The minimum absolute atomic E-state index is 0.217. The van der Waals surface area contributed by atoms with Gasteiger partial charge in [0, 0.05) is 0 Å². The van der Waals surface area contributed by atoms with E-state index in [-0.39, 0.29) is 5.82 Å². The van der Waals surface area contributed by atoms with Crippen LogP contribution in [0.4, 0.5) is 13.2 Å². The van der Waals surface area contributed by atoms with E-state index in [0.717, 1.165) is 30.7 Å². The molecule has 3 rings (SSSR count). The summed E-state index contributed by atoms with van der Waals surface area (Å²) in [5, 5.41) is 0. The van der Waals surface area contributed by atoms with E-state index in [2.05, 4.69) is 6.92 Å². The minimum Gasteiger partial charge on any atom is -0.207 e. The van der Waals surface area contributed by atoms with E-state index in [4.69, 9.17) is 0 Å². The van der Waals surface area contributed by atoms with E-state index >= 15 is 0 Å². The number of rotatable bonds is 10. The topological polar surface area (TPSA) is 0 Å². The fraction of sp³-hybridized carbons (Fsp3) is 0.571. The highest BCUT2D eigenvalue weighted by Gasteiger charge is 2.23. The Morgan fingerprint density at radius 1 is 0.710 bits per heavy atom. The van der Waals surface area contributed by atoms with Gasteiger partial charge in [-0.25, -0.2) is 13.2 Å². The van der Waals surface area contributed by atoms with Gasteiger partial charge in [-0.15, -0.1) is 0 Å². The van der Waals surface area contributed by atoms with Crippen LogP contribution in [0.15, 0.2) is 30.3 Å². The molecular weight excluding hydrogens is 393 g/mol. The van der Waals surface area contributed by atoms with Crippen molar-refractivity contribution in [2.45, 2.75) is 96.8 Å². The summed E-state index contributed by atoms with van der Waals surface area (Å²) in [6.07, 6.45) is 12.0. The van der Waals surface area contributed by atoms with Crippen LogP contribution in [0.5, 0.6) is 0 Å². The van der Waals surface area contributed by atoms with Gasteiger partial charge >= 0.3 is 0 Å². The molecule has 3 heteroatoms. The highest BCUT2D eigenvalue weighted by atomic mass is 19.2. The fourth-order valence-electron chi connectivity index (χ4n) is 5.04. The minimum atomic E-state index is -0.779. The molecule has 0 atom stereocenters. The summed E-state index contributed by atoms with van der Waals surface area (Å²) in [5.41, 5.74) is 2.41. The molecule has 0 aromatic heterocycles. The Hall–Kier alpha value is -1.77. The van der Waals surface area contributed by atoms with E-state index in [1.54, 1.807) is 18.2 Å². The van der Waals surface area contributed by atoms with Crippen molar-refractivity contribution in [1.29, 1.82) is 0 Å². The summed E-state index contributed by atoms with van der Waals surface area (Å²) in [4.78, 5) is 0. The van der Waals surface area contributed by atoms with Gasteiger partial charge in [-0.3, -0.25) is 0 Å². The summed E-state index contributed by atoms with van der Waals surface area (Å²) in [6.45, 7) is 4.18. The normalized spacial score (nSPS) is 19.0. The Labute approximate surface area is 186 Å². The number of aryl methyl sites for hydroxylation is 3. The van der Waals surface area contributed by atoms with Crippen molar-refractivity contribution in [3.05, 3.63) is 70.0 Å². The Morgan fingerprint density at radius 2 is 1.32 bits per heavy atom. The van der Waals surface area contributed by atoms with Crippen LogP contribution >= 0.6 is 0 Å². The van der Waals surface area contributed by atoms with Crippen molar-refractivity contribution in [1.82, 2.24) is 0 Å². The molecule has 0 unspecified atom stereocenters. The molecule has 0 radical (unpaired) electrons. The first-order chi connectivity index (χ1) is 15.0. The Kier molecular flexibility index (Phi) is 9.04. The second-order valence-corrected chi connectivity index (χ2v) is 9.33. The maximum absolute atomic E-state index is 14.8. The number of halogens is 3. The third-order valence-corrected chi connectivity index (χ3v) is 7.04. The fourth-order valence-corrected chi connectivity index (χ4v) is 5.04. The summed E-state index contributed by atoms with van der Waals surface area (Å²) < 4.78 is 43.3. The zero-order valence-corrected chi connectivity index (χ0v) is 19.2. The standard InChI is InChI=1S/C28H37F3/c1-3-5-6-8-20-9-11-21(12-10-20)25-18-14-22(26(29)19-25)13-15-24-17-16-23(7-4-2)27(30)28(24)31/h14,16-21H,3-13,15H2,1-2H3. The lowest BCUT2D eigenvalue weighted by Gasteiger charge is -2.29. The molecule has 0 nitrogen and oxygen atoms in total. The van der Waals surface area contributed by atoms with Crippen molar-refractivity contribution in [3.63, 3.8) is 0 Å². The van der Waals surface area contributed by atoms with Crippen molar-refractivity contribution in [2.24, 2.45) is 5.92 Å². The molecule has 0 amide bonds. The van der Waals surface area contributed by atoms with Crippen molar-refractivity contribution < 1.29 is 13.2 Å². The van der Waals surface area contributed by atoms with Gasteiger partial charge in [-0.2, -0.15) is 0 Å². The first-order valence-electron chi connectivity index (χ1n) is 12.3. The molecule has 1 saturated carbocycles. The molecule has 0 spiro atoms. The average Bonchev–Trinajstić information content (AvgIpc) is 2.78. The predicted octanol–water partition coefficient (Wildman–Crippen LogP) is 8.70. The molecule has 2 aromatic carbocycles. The zero-order chi connectivity index (χ0) is 22.2. The summed E-state index contributed by atoms with van der Waals surface area (Å²) in [7, 11) is 0. The van der Waals surface area contributed by atoms with Crippen LogP contribution in [-0.2, 0) is 19.3 Å². The molecule has 2 aromatic rings.